The Morgan fingerprint density at radius 1 is 1.27 bits per heavy atom. The Kier molecular flexibility index (Phi) is 3.81. The SMILES string of the molecule is CC1CC(C(=O)O)(N(C(=O)OCc2ccccc2)C2CC2)C1. The molecule has 0 heterocycles. The van der Waals surface area contributed by atoms with Gasteiger partial charge in [0.2, 0.25) is 0 Å². The lowest BCUT2D eigenvalue weighted by Gasteiger charge is -2.49. The molecule has 1 aromatic carbocycles. The van der Waals surface area contributed by atoms with Crippen molar-refractivity contribution in [3.05, 3.63) is 35.9 Å². The highest BCUT2D eigenvalue weighted by Crippen LogP contribution is 2.47. The molecule has 2 saturated carbocycles. The number of hydrogen-bond donors (Lipinski definition) is 1. The Morgan fingerprint density at radius 2 is 1.91 bits per heavy atom. The minimum absolute atomic E-state index is 0.0203. The summed E-state index contributed by atoms with van der Waals surface area (Å²) in [6.07, 6.45) is 2.26. The fourth-order valence-electron chi connectivity index (χ4n) is 3.36. The molecule has 0 atom stereocenters. The molecule has 1 aromatic rings. The summed E-state index contributed by atoms with van der Waals surface area (Å²) in [5, 5.41) is 9.63. The topological polar surface area (TPSA) is 66.8 Å². The largest absolute Gasteiger partial charge is 0.479 e. The molecular weight excluding hydrogens is 282 g/mol. The Morgan fingerprint density at radius 3 is 2.41 bits per heavy atom. The third-order valence-corrected chi connectivity index (χ3v) is 4.55. The monoisotopic (exact) mass is 303 g/mol. The zero-order valence-corrected chi connectivity index (χ0v) is 12.7. The first kappa shape index (κ1) is 14.9. The van der Waals surface area contributed by atoms with E-state index < -0.39 is 17.6 Å². The highest BCUT2D eigenvalue weighted by molar-refractivity contribution is 5.86. The van der Waals surface area contributed by atoms with Crippen molar-refractivity contribution in [1.82, 2.24) is 4.90 Å². The minimum Gasteiger partial charge on any atom is -0.479 e. The molecule has 22 heavy (non-hydrogen) atoms. The van der Waals surface area contributed by atoms with Crippen molar-refractivity contribution in [2.75, 3.05) is 0 Å². The van der Waals surface area contributed by atoms with E-state index in [1.807, 2.05) is 37.3 Å². The van der Waals surface area contributed by atoms with E-state index in [1.165, 1.54) is 4.90 Å². The predicted molar refractivity (Wildman–Crippen MR) is 80.3 cm³/mol. The second-order valence-electron chi connectivity index (χ2n) is 6.49. The van der Waals surface area contributed by atoms with Gasteiger partial charge in [0.25, 0.3) is 0 Å². The summed E-state index contributed by atoms with van der Waals surface area (Å²) in [6, 6.07) is 9.45. The van der Waals surface area contributed by atoms with E-state index in [0.717, 1.165) is 18.4 Å². The smallest absolute Gasteiger partial charge is 0.411 e. The highest BCUT2D eigenvalue weighted by atomic mass is 16.6. The van der Waals surface area contributed by atoms with Crippen LogP contribution in [0, 0.1) is 5.92 Å². The summed E-state index contributed by atoms with van der Waals surface area (Å²) in [5.41, 5.74) is -0.160. The number of carbonyl (C=O) groups is 2. The summed E-state index contributed by atoms with van der Waals surface area (Å²) in [5.74, 6) is -0.576. The third-order valence-electron chi connectivity index (χ3n) is 4.55. The molecule has 0 unspecified atom stereocenters. The summed E-state index contributed by atoms with van der Waals surface area (Å²) in [7, 11) is 0. The quantitative estimate of drug-likeness (QED) is 0.908. The number of carboxylic acids is 1. The first-order valence-corrected chi connectivity index (χ1v) is 7.76. The lowest BCUT2D eigenvalue weighted by Crippen LogP contribution is -2.64. The predicted octanol–water partition coefficient (Wildman–Crippen LogP) is 3.04. The normalized spacial score (nSPS) is 26.9. The first-order chi connectivity index (χ1) is 10.5. The van der Waals surface area contributed by atoms with Gasteiger partial charge in [-0.05, 0) is 37.2 Å². The molecule has 2 aliphatic carbocycles. The molecule has 0 aromatic heterocycles. The lowest BCUT2D eigenvalue weighted by molar-refractivity contribution is -0.161. The number of hydrogen-bond acceptors (Lipinski definition) is 3. The van der Waals surface area contributed by atoms with Crippen LogP contribution in [0.2, 0.25) is 0 Å². The molecule has 5 heteroatoms. The van der Waals surface area contributed by atoms with E-state index in [2.05, 4.69) is 0 Å². The van der Waals surface area contributed by atoms with Crippen molar-refractivity contribution in [1.29, 1.82) is 0 Å². The fourth-order valence-corrected chi connectivity index (χ4v) is 3.36. The zero-order valence-electron chi connectivity index (χ0n) is 12.7. The van der Waals surface area contributed by atoms with E-state index in [4.69, 9.17) is 4.74 Å². The lowest BCUT2D eigenvalue weighted by atomic mass is 9.68. The molecule has 0 bridgehead atoms. The Hall–Kier alpha value is -2.04. The van der Waals surface area contributed by atoms with Crippen LogP contribution in [0.4, 0.5) is 4.79 Å². The van der Waals surface area contributed by atoms with Crippen LogP contribution in [0.25, 0.3) is 0 Å². The molecule has 0 radical (unpaired) electrons. The van der Waals surface area contributed by atoms with Gasteiger partial charge in [0.15, 0.2) is 0 Å². The number of aliphatic carboxylic acids is 1. The number of nitrogens with zero attached hydrogens (tertiary/aromatic N) is 1. The van der Waals surface area contributed by atoms with Crippen molar-refractivity contribution >= 4 is 12.1 Å². The highest BCUT2D eigenvalue weighted by Gasteiger charge is 2.59. The van der Waals surface area contributed by atoms with Gasteiger partial charge in [-0.2, -0.15) is 0 Å². The Bertz CT molecular complexity index is 561. The summed E-state index contributed by atoms with van der Waals surface area (Å²) in [6.45, 7) is 2.19. The van der Waals surface area contributed by atoms with Gasteiger partial charge in [0.05, 0.1) is 0 Å². The minimum atomic E-state index is -1.06. The summed E-state index contributed by atoms with van der Waals surface area (Å²) in [4.78, 5) is 25.7. The van der Waals surface area contributed by atoms with Crippen molar-refractivity contribution in [3.8, 4) is 0 Å². The van der Waals surface area contributed by atoms with Crippen molar-refractivity contribution < 1.29 is 19.4 Å². The van der Waals surface area contributed by atoms with Gasteiger partial charge in [-0.1, -0.05) is 37.3 Å². The van der Waals surface area contributed by atoms with Crippen LogP contribution in [0.5, 0.6) is 0 Å². The third kappa shape index (κ3) is 2.67. The van der Waals surface area contributed by atoms with Crippen LogP contribution in [-0.4, -0.2) is 33.6 Å². The van der Waals surface area contributed by atoms with E-state index in [0.29, 0.717) is 18.8 Å². The number of benzene rings is 1. The van der Waals surface area contributed by atoms with Gasteiger partial charge >= 0.3 is 12.1 Å². The second kappa shape index (κ2) is 5.63. The Labute approximate surface area is 129 Å². The van der Waals surface area contributed by atoms with Crippen molar-refractivity contribution in [2.45, 2.75) is 50.8 Å². The van der Waals surface area contributed by atoms with Gasteiger partial charge < -0.3 is 9.84 Å². The molecule has 118 valence electrons. The number of amides is 1. The molecule has 1 amide bonds. The number of rotatable bonds is 5. The molecule has 0 aliphatic heterocycles. The maximum absolute atomic E-state index is 12.5. The van der Waals surface area contributed by atoms with E-state index in [-0.39, 0.29) is 12.6 Å². The second-order valence-corrected chi connectivity index (χ2v) is 6.49. The summed E-state index contributed by atoms with van der Waals surface area (Å²) < 4.78 is 5.38. The number of ether oxygens (including phenoxy) is 1. The standard InChI is InChI=1S/C17H21NO4/c1-12-9-17(10-12,15(19)20)18(14-7-8-14)16(21)22-11-13-5-3-2-4-6-13/h2-6,12,14H,7-11H2,1H3,(H,19,20). The van der Waals surface area contributed by atoms with Gasteiger partial charge in [0.1, 0.15) is 12.1 Å². The maximum atomic E-state index is 12.5. The maximum Gasteiger partial charge on any atom is 0.411 e. The van der Waals surface area contributed by atoms with Crippen molar-refractivity contribution in [2.24, 2.45) is 5.92 Å². The number of carboxylic acid groups (broad SMARTS) is 1. The van der Waals surface area contributed by atoms with Gasteiger partial charge in [-0.3, -0.25) is 4.90 Å². The molecule has 0 saturated heterocycles. The van der Waals surface area contributed by atoms with E-state index in [1.54, 1.807) is 0 Å². The average Bonchev–Trinajstić information content (AvgIpc) is 3.28. The molecule has 5 nitrogen and oxygen atoms in total. The van der Waals surface area contributed by atoms with Gasteiger partial charge in [-0.25, -0.2) is 9.59 Å². The zero-order chi connectivity index (χ0) is 15.7. The fraction of sp³-hybridized carbons (Fsp3) is 0.529. The molecule has 2 fully saturated rings. The van der Waals surface area contributed by atoms with Crippen LogP contribution in [0.3, 0.4) is 0 Å². The van der Waals surface area contributed by atoms with Gasteiger partial charge in [-0.15, -0.1) is 0 Å². The molecular formula is C17H21NO4. The molecule has 0 spiro atoms. The van der Waals surface area contributed by atoms with E-state index >= 15 is 0 Å². The van der Waals surface area contributed by atoms with E-state index in [9.17, 15) is 14.7 Å². The first-order valence-electron chi connectivity index (χ1n) is 7.76. The molecule has 1 N–H and O–H groups in total. The summed E-state index contributed by atoms with van der Waals surface area (Å²) >= 11 is 0. The van der Waals surface area contributed by atoms with Crippen LogP contribution in [-0.2, 0) is 16.1 Å². The van der Waals surface area contributed by atoms with Crippen LogP contribution >= 0.6 is 0 Å². The Balaban J connectivity index is 1.71. The van der Waals surface area contributed by atoms with Gasteiger partial charge in [0, 0.05) is 6.04 Å². The molecule has 2 aliphatic rings. The van der Waals surface area contributed by atoms with Crippen LogP contribution in [0.15, 0.2) is 30.3 Å². The molecule has 3 rings (SSSR count). The van der Waals surface area contributed by atoms with Crippen LogP contribution in [0.1, 0.15) is 38.2 Å². The average molecular weight is 303 g/mol. The van der Waals surface area contributed by atoms with Crippen molar-refractivity contribution in [3.63, 3.8) is 0 Å². The number of carbonyl (C=O) groups excluding carboxylic acids is 1. The van der Waals surface area contributed by atoms with Crippen LogP contribution < -0.4 is 0 Å².